The molecule has 18 heavy (non-hydrogen) atoms. The second kappa shape index (κ2) is 5.09. The molecule has 1 saturated carbocycles. The van der Waals surface area contributed by atoms with Gasteiger partial charge in [-0.1, -0.05) is 6.07 Å². The number of amides is 1. The average molecular weight is 244 g/mol. The van der Waals surface area contributed by atoms with E-state index >= 15 is 0 Å². The average Bonchev–Trinajstić information content (AvgIpc) is 2.79. The minimum Gasteiger partial charge on any atom is -0.508 e. The Morgan fingerprint density at radius 1 is 1.50 bits per heavy atom. The topological polar surface area (TPSA) is 73.1 Å². The maximum absolute atomic E-state index is 12.1. The van der Waals surface area contributed by atoms with Gasteiger partial charge in [0.2, 0.25) is 0 Å². The fraction of sp³-hybridized carbons (Fsp3) is 0.429. The lowest BCUT2D eigenvalue weighted by Gasteiger charge is -2.16. The zero-order chi connectivity index (χ0) is 13.1. The van der Waals surface area contributed by atoms with Gasteiger partial charge in [0.05, 0.1) is 12.0 Å². The number of nitriles is 1. The second-order valence-electron chi connectivity index (χ2n) is 4.70. The van der Waals surface area contributed by atoms with Crippen LogP contribution >= 0.6 is 0 Å². The van der Waals surface area contributed by atoms with Crippen LogP contribution in [0.4, 0.5) is 0 Å². The van der Waals surface area contributed by atoms with E-state index in [-0.39, 0.29) is 23.6 Å². The van der Waals surface area contributed by atoms with Crippen LogP contribution in [0.3, 0.4) is 0 Å². The van der Waals surface area contributed by atoms with Crippen molar-refractivity contribution in [3.63, 3.8) is 0 Å². The molecule has 1 fully saturated rings. The van der Waals surface area contributed by atoms with Gasteiger partial charge in [-0.3, -0.25) is 4.79 Å². The molecule has 0 radical (unpaired) electrons. The molecule has 0 spiro atoms. The van der Waals surface area contributed by atoms with Crippen LogP contribution in [-0.4, -0.2) is 17.1 Å². The summed E-state index contributed by atoms with van der Waals surface area (Å²) in [6.07, 6.45) is 2.67. The standard InChI is InChI=1S/C14H16N2O2/c1-9-11(5-3-7-13(9)17)14(18)16-12-6-2-4-10(12)8-15/h3,5,7,10,12,17H,2,4,6H2,1H3,(H,16,18). The molecule has 0 bridgehead atoms. The van der Waals surface area contributed by atoms with Gasteiger partial charge in [-0.05, 0) is 38.3 Å². The van der Waals surface area contributed by atoms with E-state index in [1.165, 1.54) is 0 Å². The van der Waals surface area contributed by atoms with E-state index in [9.17, 15) is 9.90 Å². The zero-order valence-electron chi connectivity index (χ0n) is 10.3. The molecule has 4 heteroatoms. The molecule has 4 nitrogen and oxygen atoms in total. The van der Waals surface area contributed by atoms with E-state index in [2.05, 4.69) is 11.4 Å². The van der Waals surface area contributed by atoms with Crippen LogP contribution in [0.25, 0.3) is 0 Å². The van der Waals surface area contributed by atoms with Crippen molar-refractivity contribution in [1.29, 1.82) is 5.26 Å². The first-order valence-corrected chi connectivity index (χ1v) is 6.12. The molecule has 2 N–H and O–H groups in total. The van der Waals surface area contributed by atoms with Gasteiger partial charge in [0.1, 0.15) is 5.75 Å². The fourth-order valence-electron chi connectivity index (χ4n) is 2.40. The highest BCUT2D eigenvalue weighted by Crippen LogP contribution is 2.26. The Kier molecular flexibility index (Phi) is 3.52. The smallest absolute Gasteiger partial charge is 0.251 e. The molecule has 1 aliphatic carbocycles. The zero-order valence-corrected chi connectivity index (χ0v) is 10.3. The Hall–Kier alpha value is -2.02. The lowest BCUT2D eigenvalue weighted by atomic mass is 10.0. The van der Waals surface area contributed by atoms with Crippen LogP contribution in [0.5, 0.6) is 5.75 Å². The molecule has 0 aromatic heterocycles. The van der Waals surface area contributed by atoms with Crippen molar-refractivity contribution in [3.8, 4) is 11.8 Å². The maximum atomic E-state index is 12.1. The lowest BCUT2D eigenvalue weighted by Crippen LogP contribution is -2.37. The molecular weight excluding hydrogens is 228 g/mol. The Morgan fingerprint density at radius 3 is 3.00 bits per heavy atom. The van der Waals surface area contributed by atoms with Gasteiger partial charge >= 0.3 is 0 Å². The largest absolute Gasteiger partial charge is 0.508 e. The summed E-state index contributed by atoms with van der Waals surface area (Å²) in [5.74, 6) is -0.187. The Balaban J connectivity index is 2.13. The molecule has 1 amide bonds. The quantitative estimate of drug-likeness (QED) is 0.837. The molecule has 1 aromatic rings. The van der Waals surface area contributed by atoms with Crippen molar-refractivity contribution in [2.24, 2.45) is 5.92 Å². The number of phenols is 1. The predicted molar refractivity (Wildman–Crippen MR) is 67.1 cm³/mol. The van der Waals surface area contributed by atoms with E-state index in [1.807, 2.05) is 0 Å². The van der Waals surface area contributed by atoms with Gasteiger partial charge in [-0.25, -0.2) is 0 Å². The van der Waals surface area contributed by atoms with Crippen molar-refractivity contribution >= 4 is 5.91 Å². The van der Waals surface area contributed by atoms with E-state index in [1.54, 1.807) is 25.1 Å². The molecule has 1 aromatic carbocycles. The summed E-state index contributed by atoms with van der Waals surface area (Å²) in [7, 11) is 0. The summed E-state index contributed by atoms with van der Waals surface area (Å²) in [6, 6.07) is 7.05. The summed E-state index contributed by atoms with van der Waals surface area (Å²) in [4.78, 5) is 12.1. The minimum absolute atomic E-state index is 0.0655. The maximum Gasteiger partial charge on any atom is 0.251 e. The van der Waals surface area contributed by atoms with Crippen LogP contribution in [0.15, 0.2) is 18.2 Å². The van der Waals surface area contributed by atoms with Gasteiger partial charge in [0.15, 0.2) is 0 Å². The number of phenolic OH excluding ortho intramolecular Hbond substituents is 1. The SMILES string of the molecule is Cc1c(O)cccc1C(=O)NC1CCCC1C#N. The molecular formula is C14H16N2O2. The first-order valence-electron chi connectivity index (χ1n) is 6.12. The van der Waals surface area contributed by atoms with Crippen LogP contribution in [0, 0.1) is 24.2 Å². The fourth-order valence-corrected chi connectivity index (χ4v) is 2.40. The third kappa shape index (κ3) is 2.30. The van der Waals surface area contributed by atoms with Gasteiger partial charge in [-0.15, -0.1) is 0 Å². The molecule has 2 atom stereocenters. The predicted octanol–water partition coefficient (Wildman–Crippen LogP) is 2.12. The van der Waals surface area contributed by atoms with Crippen LogP contribution in [-0.2, 0) is 0 Å². The van der Waals surface area contributed by atoms with Crippen LogP contribution in [0.2, 0.25) is 0 Å². The van der Waals surface area contributed by atoms with Crippen molar-refractivity contribution < 1.29 is 9.90 Å². The minimum atomic E-state index is -0.212. The van der Waals surface area contributed by atoms with Crippen molar-refractivity contribution in [3.05, 3.63) is 29.3 Å². The third-order valence-electron chi connectivity index (χ3n) is 3.55. The van der Waals surface area contributed by atoms with Crippen LogP contribution < -0.4 is 5.32 Å². The van der Waals surface area contributed by atoms with Crippen molar-refractivity contribution in [1.82, 2.24) is 5.32 Å². The molecule has 0 heterocycles. The summed E-state index contributed by atoms with van der Waals surface area (Å²) in [5, 5.41) is 21.4. The monoisotopic (exact) mass is 244 g/mol. The number of carbonyl (C=O) groups is 1. The highest BCUT2D eigenvalue weighted by molar-refractivity contribution is 5.96. The highest BCUT2D eigenvalue weighted by atomic mass is 16.3. The van der Waals surface area contributed by atoms with E-state index in [4.69, 9.17) is 5.26 Å². The number of carbonyl (C=O) groups excluding carboxylic acids is 1. The number of benzene rings is 1. The number of rotatable bonds is 2. The highest BCUT2D eigenvalue weighted by Gasteiger charge is 2.29. The number of nitrogens with zero attached hydrogens (tertiary/aromatic N) is 1. The summed E-state index contributed by atoms with van der Waals surface area (Å²) >= 11 is 0. The first kappa shape index (κ1) is 12.4. The van der Waals surface area contributed by atoms with E-state index < -0.39 is 0 Å². The number of aromatic hydroxyl groups is 1. The van der Waals surface area contributed by atoms with Gasteiger partial charge in [0, 0.05) is 17.2 Å². The van der Waals surface area contributed by atoms with Gasteiger partial charge < -0.3 is 10.4 Å². The summed E-state index contributed by atoms with van der Waals surface area (Å²) < 4.78 is 0. The Bertz CT molecular complexity index is 505. The normalized spacial score (nSPS) is 22.4. The molecule has 0 aliphatic heterocycles. The third-order valence-corrected chi connectivity index (χ3v) is 3.55. The van der Waals surface area contributed by atoms with E-state index in [0.717, 1.165) is 19.3 Å². The molecule has 0 saturated heterocycles. The number of nitrogens with one attached hydrogen (secondary N) is 1. The Labute approximate surface area is 106 Å². The summed E-state index contributed by atoms with van der Waals surface area (Å²) in [5.41, 5.74) is 1.04. The van der Waals surface area contributed by atoms with Crippen molar-refractivity contribution in [2.45, 2.75) is 32.2 Å². The van der Waals surface area contributed by atoms with Gasteiger partial charge in [0.25, 0.3) is 5.91 Å². The molecule has 94 valence electrons. The molecule has 2 rings (SSSR count). The summed E-state index contributed by atoms with van der Waals surface area (Å²) in [6.45, 7) is 1.71. The second-order valence-corrected chi connectivity index (χ2v) is 4.70. The number of hydrogen-bond donors (Lipinski definition) is 2. The molecule has 2 unspecified atom stereocenters. The van der Waals surface area contributed by atoms with Crippen molar-refractivity contribution in [2.75, 3.05) is 0 Å². The number of hydrogen-bond acceptors (Lipinski definition) is 3. The van der Waals surface area contributed by atoms with Crippen LogP contribution in [0.1, 0.15) is 35.2 Å². The molecule has 1 aliphatic rings. The Morgan fingerprint density at radius 2 is 2.28 bits per heavy atom. The van der Waals surface area contributed by atoms with Gasteiger partial charge in [-0.2, -0.15) is 5.26 Å². The van der Waals surface area contributed by atoms with E-state index in [0.29, 0.717) is 11.1 Å². The lowest BCUT2D eigenvalue weighted by molar-refractivity contribution is 0.0931. The first-order chi connectivity index (χ1) is 8.63.